The van der Waals surface area contributed by atoms with Crippen LogP contribution in [0, 0.1) is 0 Å². The molecule has 0 aliphatic rings. The van der Waals surface area contributed by atoms with Crippen LogP contribution < -0.4 is 10.1 Å². The summed E-state index contributed by atoms with van der Waals surface area (Å²) in [5.41, 5.74) is 2.00. The Balaban J connectivity index is 2.39. The molecule has 0 saturated heterocycles. The van der Waals surface area contributed by atoms with E-state index in [1.54, 1.807) is 18.4 Å². The predicted molar refractivity (Wildman–Crippen MR) is 70.5 cm³/mol. The van der Waals surface area contributed by atoms with Gasteiger partial charge in [-0.05, 0) is 18.6 Å². The SMILES string of the molecule is COc1ccc2occ(CCNC(C)=O)c2c1C=O. The van der Waals surface area contributed by atoms with Crippen LogP contribution in [0.5, 0.6) is 5.75 Å². The van der Waals surface area contributed by atoms with Crippen molar-refractivity contribution in [2.45, 2.75) is 13.3 Å². The first-order valence-corrected chi connectivity index (χ1v) is 5.94. The maximum Gasteiger partial charge on any atom is 0.216 e. The summed E-state index contributed by atoms with van der Waals surface area (Å²) in [6.07, 6.45) is 2.97. The summed E-state index contributed by atoms with van der Waals surface area (Å²) < 4.78 is 10.6. The average Bonchev–Trinajstić information content (AvgIpc) is 2.80. The van der Waals surface area contributed by atoms with Gasteiger partial charge in [0.25, 0.3) is 0 Å². The molecule has 1 heterocycles. The number of aldehydes is 1. The monoisotopic (exact) mass is 261 g/mol. The summed E-state index contributed by atoms with van der Waals surface area (Å²) in [4.78, 5) is 22.1. The van der Waals surface area contributed by atoms with Crippen LogP contribution in [0.25, 0.3) is 11.0 Å². The minimum absolute atomic E-state index is 0.0824. The molecule has 0 radical (unpaired) electrons. The fraction of sp³-hybridized carbons (Fsp3) is 0.286. The molecule has 2 rings (SSSR count). The first-order chi connectivity index (χ1) is 9.17. The van der Waals surface area contributed by atoms with Gasteiger partial charge in [-0.2, -0.15) is 0 Å². The van der Waals surface area contributed by atoms with Gasteiger partial charge in [0.2, 0.25) is 5.91 Å². The molecular formula is C14H15NO4. The highest BCUT2D eigenvalue weighted by atomic mass is 16.5. The van der Waals surface area contributed by atoms with Gasteiger partial charge in [0.05, 0.1) is 18.9 Å². The maximum atomic E-state index is 11.2. The Morgan fingerprint density at radius 3 is 2.89 bits per heavy atom. The topological polar surface area (TPSA) is 68.5 Å². The Labute approximate surface area is 110 Å². The lowest BCUT2D eigenvalue weighted by molar-refractivity contribution is -0.118. The minimum Gasteiger partial charge on any atom is -0.496 e. The van der Waals surface area contributed by atoms with Crippen molar-refractivity contribution in [3.05, 3.63) is 29.5 Å². The van der Waals surface area contributed by atoms with Gasteiger partial charge in [-0.15, -0.1) is 0 Å². The highest BCUT2D eigenvalue weighted by Gasteiger charge is 2.14. The first kappa shape index (κ1) is 13.1. The van der Waals surface area contributed by atoms with Crippen molar-refractivity contribution in [1.82, 2.24) is 5.32 Å². The number of rotatable bonds is 5. The van der Waals surface area contributed by atoms with Crippen LogP contribution >= 0.6 is 0 Å². The lowest BCUT2D eigenvalue weighted by atomic mass is 10.0. The highest BCUT2D eigenvalue weighted by Crippen LogP contribution is 2.30. The fourth-order valence-corrected chi connectivity index (χ4v) is 2.06. The zero-order valence-electron chi connectivity index (χ0n) is 10.9. The molecule has 0 aliphatic carbocycles. The largest absolute Gasteiger partial charge is 0.496 e. The standard InChI is InChI=1S/C14H15NO4/c1-9(17)15-6-5-10-8-19-13-4-3-12(18-2)11(7-16)14(10)13/h3-4,7-8H,5-6H2,1-2H3,(H,15,17). The third-order valence-electron chi connectivity index (χ3n) is 2.92. The third kappa shape index (κ3) is 2.59. The summed E-state index contributed by atoms with van der Waals surface area (Å²) in [7, 11) is 1.52. The molecule has 0 aliphatic heterocycles. The van der Waals surface area contributed by atoms with Crippen molar-refractivity contribution >= 4 is 23.2 Å². The summed E-state index contributed by atoms with van der Waals surface area (Å²) in [5, 5.41) is 3.46. The maximum absolute atomic E-state index is 11.2. The Kier molecular flexibility index (Phi) is 3.85. The Bertz CT molecular complexity index is 615. The number of carbonyl (C=O) groups excluding carboxylic acids is 2. The van der Waals surface area contributed by atoms with Crippen molar-refractivity contribution in [3.8, 4) is 5.75 Å². The van der Waals surface area contributed by atoms with Gasteiger partial charge in [-0.1, -0.05) is 0 Å². The van der Waals surface area contributed by atoms with E-state index in [9.17, 15) is 9.59 Å². The quantitative estimate of drug-likeness (QED) is 0.835. The molecule has 5 heteroatoms. The van der Waals surface area contributed by atoms with E-state index in [-0.39, 0.29) is 5.91 Å². The normalized spacial score (nSPS) is 10.4. The predicted octanol–water partition coefficient (Wildman–Crippen LogP) is 1.93. The summed E-state index contributed by atoms with van der Waals surface area (Å²) in [5.74, 6) is 0.436. The van der Waals surface area contributed by atoms with Crippen molar-refractivity contribution in [1.29, 1.82) is 0 Å². The molecule has 0 bridgehead atoms. The smallest absolute Gasteiger partial charge is 0.216 e. The van der Waals surface area contributed by atoms with Crippen LogP contribution in [0.2, 0.25) is 0 Å². The van der Waals surface area contributed by atoms with Gasteiger partial charge in [-0.25, -0.2) is 0 Å². The number of benzene rings is 1. The van der Waals surface area contributed by atoms with Crippen molar-refractivity contribution in [3.63, 3.8) is 0 Å². The van der Waals surface area contributed by atoms with Gasteiger partial charge in [0.15, 0.2) is 6.29 Å². The number of fused-ring (bicyclic) bond motifs is 1. The van der Waals surface area contributed by atoms with Crippen LogP contribution in [0.1, 0.15) is 22.8 Å². The molecule has 1 aromatic heterocycles. The molecule has 1 amide bonds. The van der Waals surface area contributed by atoms with E-state index in [1.807, 2.05) is 0 Å². The number of carbonyl (C=O) groups is 2. The molecule has 2 aromatic rings. The van der Waals surface area contributed by atoms with Gasteiger partial charge in [-0.3, -0.25) is 9.59 Å². The summed E-state index contributed by atoms with van der Waals surface area (Å²) >= 11 is 0. The first-order valence-electron chi connectivity index (χ1n) is 5.94. The van der Waals surface area contributed by atoms with E-state index < -0.39 is 0 Å². The highest BCUT2D eigenvalue weighted by molar-refractivity contribution is 6.00. The second-order valence-electron chi connectivity index (χ2n) is 4.17. The molecule has 5 nitrogen and oxygen atoms in total. The number of furan rings is 1. The van der Waals surface area contributed by atoms with E-state index in [4.69, 9.17) is 9.15 Å². The lowest BCUT2D eigenvalue weighted by Gasteiger charge is -2.06. The third-order valence-corrected chi connectivity index (χ3v) is 2.92. The van der Waals surface area contributed by atoms with Crippen LogP contribution in [0.15, 0.2) is 22.8 Å². The van der Waals surface area contributed by atoms with Crippen LogP contribution in [-0.2, 0) is 11.2 Å². The second kappa shape index (κ2) is 5.56. The molecule has 19 heavy (non-hydrogen) atoms. The molecule has 0 saturated carbocycles. The zero-order valence-corrected chi connectivity index (χ0v) is 10.9. The molecule has 1 N–H and O–H groups in total. The van der Waals surface area contributed by atoms with Crippen LogP contribution in [0.3, 0.4) is 0 Å². The molecule has 1 aromatic carbocycles. The van der Waals surface area contributed by atoms with Crippen LogP contribution in [0.4, 0.5) is 0 Å². The van der Waals surface area contributed by atoms with Crippen molar-refractivity contribution in [2.24, 2.45) is 0 Å². The molecule has 100 valence electrons. The molecule has 0 unspecified atom stereocenters. The average molecular weight is 261 g/mol. The van der Waals surface area contributed by atoms with Crippen LogP contribution in [-0.4, -0.2) is 25.8 Å². The van der Waals surface area contributed by atoms with E-state index >= 15 is 0 Å². The number of amides is 1. The Hall–Kier alpha value is -2.30. The van der Waals surface area contributed by atoms with Gasteiger partial charge in [0, 0.05) is 24.4 Å². The van der Waals surface area contributed by atoms with E-state index in [2.05, 4.69) is 5.32 Å². The molecule has 0 atom stereocenters. The van der Waals surface area contributed by atoms with Gasteiger partial charge in [0.1, 0.15) is 11.3 Å². The Morgan fingerprint density at radius 1 is 1.47 bits per heavy atom. The zero-order chi connectivity index (χ0) is 13.8. The van der Waals surface area contributed by atoms with E-state index in [0.29, 0.717) is 29.9 Å². The Morgan fingerprint density at radius 2 is 2.26 bits per heavy atom. The number of hydrogen-bond donors (Lipinski definition) is 1. The minimum atomic E-state index is -0.0824. The molecule has 0 fully saturated rings. The van der Waals surface area contributed by atoms with E-state index in [0.717, 1.165) is 17.2 Å². The van der Waals surface area contributed by atoms with Gasteiger partial charge < -0.3 is 14.5 Å². The molecule has 0 spiro atoms. The number of hydrogen-bond acceptors (Lipinski definition) is 4. The number of ether oxygens (including phenoxy) is 1. The fourth-order valence-electron chi connectivity index (χ4n) is 2.06. The summed E-state index contributed by atoms with van der Waals surface area (Å²) in [6.45, 7) is 1.97. The van der Waals surface area contributed by atoms with Crippen molar-refractivity contribution in [2.75, 3.05) is 13.7 Å². The van der Waals surface area contributed by atoms with Crippen molar-refractivity contribution < 1.29 is 18.7 Å². The van der Waals surface area contributed by atoms with E-state index in [1.165, 1.54) is 14.0 Å². The second-order valence-corrected chi connectivity index (χ2v) is 4.17. The lowest BCUT2D eigenvalue weighted by Crippen LogP contribution is -2.22. The number of methoxy groups -OCH3 is 1. The van der Waals surface area contributed by atoms with Gasteiger partial charge >= 0.3 is 0 Å². The summed E-state index contributed by atoms with van der Waals surface area (Å²) in [6, 6.07) is 3.47. The molecular weight excluding hydrogens is 246 g/mol. The number of nitrogens with one attached hydrogen (secondary N) is 1.